The summed E-state index contributed by atoms with van der Waals surface area (Å²) < 4.78 is 0. The van der Waals surface area contributed by atoms with E-state index in [0.29, 0.717) is 13.0 Å². The van der Waals surface area contributed by atoms with Crippen LogP contribution >= 0.6 is 0 Å². The lowest BCUT2D eigenvalue weighted by Crippen LogP contribution is -2.41. The first-order valence-electron chi connectivity index (χ1n) is 4.73. The van der Waals surface area contributed by atoms with Crippen LogP contribution in [-0.4, -0.2) is 24.8 Å². The van der Waals surface area contributed by atoms with Gasteiger partial charge in [-0.05, 0) is 19.4 Å². The Bertz CT molecular complexity index is 204. The SMILES string of the molecule is NCCCC[C@@H]1CC(=O)CNC1=O. The minimum atomic E-state index is -0.104. The highest BCUT2D eigenvalue weighted by molar-refractivity contribution is 5.94. The first-order valence-corrected chi connectivity index (χ1v) is 4.73. The van der Waals surface area contributed by atoms with Gasteiger partial charge < -0.3 is 11.1 Å². The van der Waals surface area contributed by atoms with Crippen molar-refractivity contribution < 1.29 is 9.59 Å². The fourth-order valence-corrected chi connectivity index (χ4v) is 1.54. The predicted octanol–water partition coefficient (Wildman–Crippen LogP) is -0.179. The third kappa shape index (κ3) is 3.14. The zero-order valence-corrected chi connectivity index (χ0v) is 7.71. The van der Waals surface area contributed by atoms with E-state index < -0.39 is 0 Å². The van der Waals surface area contributed by atoms with Crippen LogP contribution in [0, 0.1) is 5.92 Å². The van der Waals surface area contributed by atoms with E-state index in [1.54, 1.807) is 0 Å². The zero-order chi connectivity index (χ0) is 9.68. The van der Waals surface area contributed by atoms with Gasteiger partial charge in [-0.3, -0.25) is 9.59 Å². The Labute approximate surface area is 77.9 Å². The first-order chi connectivity index (χ1) is 6.24. The summed E-state index contributed by atoms with van der Waals surface area (Å²) >= 11 is 0. The van der Waals surface area contributed by atoms with Crippen LogP contribution in [0.25, 0.3) is 0 Å². The third-order valence-electron chi connectivity index (χ3n) is 2.31. The van der Waals surface area contributed by atoms with E-state index in [4.69, 9.17) is 5.73 Å². The number of carbonyl (C=O) groups excluding carboxylic acids is 2. The second-order valence-electron chi connectivity index (χ2n) is 3.44. The molecule has 0 saturated carbocycles. The fraction of sp³-hybridized carbons (Fsp3) is 0.778. The van der Waals surface area contributed by atoms with E-state index in [1.807, 2.05) is 0 Å². The van der Waals surface area contributed by atoms with Gasteiger partial charge in [-0.15, -0.1) is 0 Å². The van der Waals surface area contributed by atoms with Crippen molar-refractivity contribution in [2.45, 2.75) is 25.7 Å². The molecule has 0 bridgehead atoms. The molecule has 0 aromatic heterocycles. The maximum Gasteiger partial charge on any atom is 0.223 e. The number of hydrogen-bond acceptors (Lipinski definition) is 3. The summed E-state index contributed by atoms with van der Waals surface area (Å²) in [5.74, 6) is 0.0572. The molecule has 4 nitrogen and oxygen atoms in total. The number of hydrogen-bond donors (Lipinski definition) is 2. The Hall–Kier alpha value is -0.900. The molecule has 13 heavy (non-hydrogen) atoms. The number of rotatable bonds is 4. The van der Waals surface area contributed by atoms with Gasteiger partial charge in [0, 0.05) is 12.3 Å². The largest absolute Gasteiger partial charge is 0.349 e. The summed E-state index contributed by atoms with van der Waals surface area (Å²) in [6.45, 7) is 0.870. The molecule has 1 aliphatic heterocycles. The molecule has 4 heteroatoms. The van der Waals surface area contributed by atoms with Gasteiger partial charge in [-0.25, -0.2) is 0 Å². The van der Waals surface area contributed by atoms with Gasteiger partial charge in [-0.1, -0.05) is 6.42 Å². The van der Waals surface area contributed by atoms with Crippen molar-refractivity contribution in [1.82, 2.24) is 5.32 Å². The number of nitrogens with two attached hydrogens (primary N) is 1. The average molecular weight is 184 g/mol. The normalized spacial score (nSPS) is 23.0. The van der Waals surface area contributed by atoms with Crippen molar-refractivity contribution in [1.29, 1.82) is 0 Å². The molecule has 1 aliphatic rings. The van der Waals surface area contributed by atoms with Gasteiger partial charge in [-0.2, -0.15) is 0 Å². The Morgan fingerprint density at radius 1 is 1.38 bits per heavy atom. The second-order valence-corrected chi connectivity index (χ2v) is 3.44. The first kappa shape index (κ1) is 10.2. The van der Waals surface area contributed by atoms with Crippen LogP contribution in [0.1, 0.15) is 25.7 Å². The van der Waals surface area contributed by atoms with Gasteiger partial charge in [0.05, 0.1) is 6.54 Å². The maximum absolute atomic E-state index is 11.2. The van der Waals surface area contributed by atoms with Crippen LogP contribution in [-0.2, 0) is 9.59 Å². The molecule has 1 amide bonds. The van der Waals surface area contributed by atoms with Gasteiger partial charge in [0.25, 0.3) is 0 Å². The Balaban J connectivity index is 2.29. The summed E-state index contributed by atoms with van der Waals surface area (Å²) in [6.07, 6.45) is 3.06. The maximum atomic E-state index is 11.2. The Kier molecular flexibility index (Phi) is 3.89. The molecule has 3 N–H and O–H groups in total. The van der Waals surface area contributed by atoms with Gasteiger partial charge in [0.1, 0.15) is 0 Å². The fourth-order valence-electron chi connectivity index (χ4n) is 1.54. The number of carbonyl (C=O) groups is 2. The molecule has 1 fully saturated rings. The topological polar surface area (TPSA) is 72.2 Å². The average Bonchev–Trinajstić information content (AvgIpc) is 2.11. The molecule has 0 aromatic carbocycles. The van der Waals surface area contributed by atoms with Crippen molar-refractivity contribution in [3.8, 4) is 0 Å². The van der Waals surface area contributed by atoms with Crippen molar-refractivity contribution in [3.63, 3.8) is 0 Å². The summed E-state index contributed by atoms with van der Waals surface area (Å²) in [7, 11) is 0. The third-order valence-corrected chi connectivity index (χ3v) is 2.31. The second kappa shape index (κ2) is 4.97. The zero-order valence-electron chi connectivity index (χ0n) is 7.71. The molecule has 0 spiro atoms. The molecule has 0 radical (unpaired) electrons. The van der Waals surface area contributed by atoms with Crippen molar-refractivity contribution in [2.24, 2.45) is 11.7 Å². The highest BCUT2D eigenvalue weighted by Gasteiger charge is 2.25. The molecule has 1 rings (SSSR count). The highest BCUT2D eigenvalue weighted by atomic mass is 16.2. The van der Waals surface area contributed by atoms with Crippen LogP contribution in [0.15, 0.2) is 0 Å². The molecular formula is C9H16N2O2. The van der Waals surface area contributed by atoms with Crippen LogP contribution in [0.4, 0.5) is 0 Å². The summed E-state index contributed by atoms with van der Waals surface area (Å²) in [5, 5.41) is 2.59. The quantitative estimate of drug-likeness (QED) is 0.595. The van der Waals surface area contributed by atoms with Crippen LogP contribution in [0.2, 0.25) is 0 Å². The lowest BCUT2D eigenvalue weighted by atomic mass is 9.92. The van der Waals surface area contributed by atoms with E-state index in [0.717, 1.165) is 19.3 Å². The number of piperidine rings is 1. The van der Waals surface area contributed by atoms with E-state index in [-0.39, 0.29) is 24.2 Å². The number of ketones is 1. The number of unbranched alkanes of at least 4 members (excludes halogenated alkanes) is 1. The molecular weight excluding hydrogens is 168 g/mol. The summed E-state index contributed by atoms with van der Waals surface area (Å²) in [5.41, 5.74) is 5.34. The lowest BCUT2D eigenvalue weighted by Gasteiger charge is -2.20. The minimum Gasteiger partial charge on any atom is -0.349 e. The monoisotopic (exact) mass is 184 g/mol. The van der Waals surface area contributed by atoms with Crippen LogP contribution in [0.3, 0.4) is 0 Å². The van der Waals surface area contributed by atoms with E-state index >= 15 is 0 Å². The molecule has 74 valence electrons. The molecule has 0 unspecified atom stereocenters. The van der Waals surface area contributed by atoms with Gasteiger partial charge in [0.2, 0.25) is 5.91 Å². The summed E-state index contributed by atoms with van der Waals surface area (Å²) in [6, 6.07) is 0. The van der Waals surface area contributed by atoms with Crippen LogP contribution in [0.5, 0.6) is 0 Å². The standard InChI is InChI=1S/C9H16N2O2/c10-4-2-1-3-7-5-8(12)6-11-9(7)13/h7H,1-6,10H2,(H,11,13)/t7-/m1/s1. The molecule has 1 atom stereocenters. The number of nitrogens with one attached hydrogen (secondary N) is 1. The number of Topliss-reactive ketones (excluding diaryl/α,β-unsaturated/α-hetero) is 1. The van der Waals surface area contributed by atoms with Crippen molar-refractivity contribution >= 4 is 11.7 Å². The Morgan fingerprint density at radius 2 is 2.15 bits per heavy atom. The van der Waals surface area contributed by atoms with E-state index in [9.17, 15) is 9.59 Å². The molecule has 1 heterocycles. The highest BCUT2D eigenvalue weighted by Crippen LogP contribution is 2.15. The Morgan fingerprint density at radius 3 is 2.85 bits per heavy atom. The van der Waals surface area contributed by atoms with Crippen LogP contribution < -0.4 is 11.1 Å². The van der Waals surface area contributed by atoms with Gasteiger partial charge in [0.15, 0.2) is 5.78 Å². The van der Waals surface area contributed by atoms with Gasteiger partial charge >= 0.3 is 0 Å². The molecule has 1 saturated heterocycles. The van der Waals surface area contributed by atoms with Crippen molar-refractivity contribution in [2.75, 3.05) is 13.1 Å². The number of amides is 1. The predicted molar refractivity (Wildman–Crippen MR) is 49.0 cm³/mol. The minimum absolute atomic E-state index is 0.0246. The summed E-state index contributed by atoms with van der Waals surface area (Å²) in [4.78, 5) is 22.3. The molecule has 0 aliphatic carbocycles. The lowest BCUT2D eigenvalue weighted by molar-refractivity contribution is -0.134. The van der Waals surface area contributed by atoms with Crippen molar-refractivity contribution in [3.05, 3.63) is 0 Å². The smallest absolute Gasteiger partial charge is 0.223 e. The van der Waals surface area contributed by atoms with E-state index in [2.05, 4.69) is 5.32 Å². The van der Waals surface area contributed by atoms with E-state index in [1.165, 1.54) is 0 Å². The molecule has 0 aromatic rings.